The number of para-hydroxylation sites is 4. The minimum Gasteiger partial charge on any atom is -0.492 e. The molecule has 0 heterocycles. The first kappa shape index (κ1) is 19.7. The van der Waals surface area contributed by atoms with Gasteiger partial charge >= 0.3 is 0 Å². The fourth-order valence-electron chi connectivity index (χ4n) is 3.00. The summed E-state index contributed by atoms with van der Waals surface area (Å²) in [4.78, 5) is 25.1. The third-order valence-corrected chi connectivity index (χ3v) is 4.42. The summed E-state index contributed by atoms with van der Waals surface area (Å²) >= 11 is 0. The van der Waals surface area contributed by atoms with Crippen LogP contribution in [-0.2, 0) is 9.59 Å². The van der Waals surface area contributed by atoms with Gasteiger partial charge < -0.3 is 20.1 Å². The topological polar surface area (TPSA) is 76.7 Å². The van der Waals surface area contributed by atoms with Crippen LogP contribution in [-0.4, -0.2) is 24.5 Å². The third-order valence-electron chi connectivity index (χ3n) is 4.42. The molecule has 0 spiro atoms. The first-order chi connectivity index (χ1) is 13.5. The molecule has 1 aliphatic rings. The van der Waals surface area contributed by atoms with Crippen molar-refractivity contribution in [3.8, 4) is 11.5 Å². The van der Waals surface area contributed by atoms with Gasteiger partial charge in [-0.25, -0.2) is 0 Å². The zero-order valence-electron chi connectivity index (χ0n) is 16.4. The van der Waals surface area contributed by atoms with Crippen LogP contribution in [0.15, 0.2) is 48.5 Å². The second kappa shape index (κ2) is 8.78. The van der Waals surface area contributed by atoms with Gasteiger partial charge in [-0.3, -0.25) is 9.59 Å². The Labute approximate surface area is 165 Å². The summed E-state index contributed by atoms with van der Waals surface area (Å²) in [7, 11) is 0. The lowest BCUT2D eigenvalue weighted by molar-refractivity contribution is -0.122. The van der Waals surface area contributed by atoms with Crippen LogP contribution in [0.25, 0.3) is 0 Å². The predicted octanol–water partition coefficient (Wildman–Crippen LogP) is 4.09. The number of rotatable bonds is 8. The first-order valence-corrected chi connectivity index (χ1v) is 9.58. The Hall–Kier alpha value is -3.02. The molecule has 1 aliphatic carbocycles. The molecule has 2 aromatic rings. The predicted molar refractivity (Wildman–Crippen MR) is 109 cm³/mol. The van der Waals surface area contributed by atoms with Crippen molar-refractivity contribution in [2.75, 3.05) is 17.2 Å². The van der Waals surface area contributed by atoms with Crippen LogP contribution in [0.3, 0.4) is 0 Å². The summed E-state index contributed by atoms with van der Waals surface area (Å²) < 4.78 is 11.3. The number of benzene rings is 2. The minimum atomic E-state index is -0.341. The van der Waals surface area contributed by atoms with E-state index in [-0.39, 0.29) is 29.8 Å². The molecule has 148 valence electrons. The van der Waals surface area contributed by atoms with Crippen molar-refractivity contribution in [1.29, 1.82) is 0 Å². The van der Waals surface area contributed by atoms with Gasteiger partial charge in [-0.2, -0.15) is 0 Å². The van der Waals surface area contributed by atoms with Crippen molar-refractivity contribution < 1.29 is 19.1 Å². The number of carbonyl (C=O) groups excluding carboxylic acids is 2. The summed E-state index contributed by atoms with van der Waals surface area (Å²) in [5.41, 5.74) is 1.24. The number of hydrogen-bond acceptors (Lipinski definition) is 4. The van der Waals surface area contributed by atoms with E-state index in [0.29, 0.717) is 35.9 Å². The van der Waals surface area contributed by atoms with Crippen molar-refractivity contribution in [3.63, 3.8) is 0 Å². The van der Waals surface area contributed by atoms with E-state index in [1.165, 1.54) is 0 Å². The van der Waals surface area contributed by atoms with E-state index in [4.69, 9.17) is 9.47 Å². The fourth-order valence-corrected chi connectivity index (χ4v) is 3.00. The maximum absolute atomic E-state index is 12.6. The highest BCUT2D eigenvalue weighted by Crippen LogP contribution is 2.41. The van der Waals surface area contributed by atoms with E-state index in [0.717, 1.165) is 0 Å². The van der Waals surface area contributed by atoms with Crippen LogP contribution in [0.4, 0.5) is 11.4 Å². The second-order valence-electron chi connectivity index (χ2n) is 7.02. The molecule has 6 nitrogen and oxygen atoms in total. The van der Waals surface area contributed by atoms with Crippen LogP contribution >= 0.6 is 0 Å². The van der Waals surface area contributed by atoms with Crippen LogP contribution in [0.1, 0.15) is 27.2 Å². The monoisotopic (exact) mass is 382 g/mol. The largest absolute Gasteiger partial charge is 0.492 e. The molecular formula is C22H26N2O4. The fraction of sp³-hybridized carbons (Fsp3) is 0.364. The van der Waals surface area contributed by atoms with Gasteiger partial charge in [0.1, 0.15) is 11.5 Å². The van der Waals surface area contributed by atoms with Crippen molar-refractivity contribution in [1.82, 2.24) is 0 Å². The highest BCUT2D eigenvalue weighted by molar-refractivity contribution is 6.04. The van der Waals surface area contributed by atoms with E-state index in [9.17, 15) is 9.59 Å². The summed E-state index contributed by atoms with van der Waals surface area (Å²) in [6.45, 7) is 6.26. The molecule has 3 rings (SSSR count). The van der Waals surface area contributed by atoms with E-state index in [1.54, 1.807) is 12.1 Å². The zero-order chi connectivity index (χ0) is 20.1. The van der Waals surface area contributed by atoms with Gasteiger partial charge in [0.15, 0.2) is 0 Å². The quantitative estimate of drug-likeness (QED) is 0.721. The Kier molecular flexibility index (Phi) is 6.19. The average Bonchev–Trinajstić information content (AvgIpc) is 3.46. The van der Waals surface area contributed by atoms with Crippen LogP contribution < -0.4 is 20.1 Å². The first-order valence-electron chi connectivity index (χ1n) is 9.58. The smallest absolute Gasteiger partial charge is 0.228 e. The highest BCUT2D eigenvalue weighted by Gasteiger charge is 2.48. The number of amides is 2. The lowest BCUT2D eigenvalue weighted by Gasteiger charge is -2.15. The molecule has 1 fully saturated rings. The van der Waals surface area contributed by atoms with Crippen molar-refractivity contribution in [2.45, 2.75) is 33.3 Å². The van der Waals surface area contributed by atoms with Crippen molar-refractivity contribution in [2.24, 2.45) is 11.8 Å². The van der Waals surface area contributed by atoms with Crippen molar-refractivity contribution in [3.05, 3.63) is 48.5 Å². The molecule has 2 amide bonds. The SMILES string of the molecule is CCOc1ccccc1NC(=O)C1CC1C(=O)Nc1ccccc1OC(C)C. The molecule has 0 radical (unpaired) electrons. The molecule has 0 bridgehead atoms. The van der Waals surface area contributed by atoms with E-state index < -0.39 is 0 Å². The molecule has 6 heteroatoms. The zero-order valence-corrected chi connectivity index (χ0v) is 16.4. The van der Waals surface area contributed by atoms with Gasteiger partial charge in [0, 0.05) is 0 Å². The van der Waals surface area contributed by atoms with Crippen LogP contribution in [0, 0.1) is 11.8 Å². The average molecular weight is 382 g/mol. The Morgan fingerprint density at radius 1 is 0.929 bits per heavy atom. The molecule has 0 aliphatic heterocycles. The molecule has 2 aromatic carbocycles. The molecule has 2 unspecified atom stereocenters. The Bertz CT molecular complexity index is 850. The van der Waals surface area contributed by atoms with E-state index >= 15 is 0 Å². The number of carbonyl (C=O) groups is 2. The maximum Gasteiger partial charge on any atom is 0.228 e. The third kappa shape index (κ3) is 4.82. The standard InChI is InChI=1S/C22H26N2O4/c1-4-27-19-11-7-5-9-17(19)23-21(25)15-13-16(15)22(26)24-18-10-6-8-12-20(18)28-14(2)3/h5-12,14-16H,4,13H2,1-3H3,(H,23,25)(H,24,26). The highest BCUT2D eigenvalue weighted by atomic mass is 16.5. The normalized spacial score (nSPS) is 17.7. The minimum absolute atomic E-state index is 0.00270. The second-order valence-corrected chi connectivity index (χ2v) is 7.02. The summed E-state index contributed by atoms with van der Waals surface area (Å²) in [6, 6.07) is 14.6. The molecule has 1 saturated carbocycles. The van der Waals surface area contributed by atoms with E-state index in [1.807, 2.05) is 57.2 Å². The van der Waals surface area contributed by atoms with Gasteiger partial charge in [0.25, 0.3) is 0 Å². The van der Waals surface area contributed by atoms with Gasteiger partial charge in [-0.15, -0.1) is 0 Å². The lowest BCUT2D eigenvalue weighted by atomic mass is 10.2. The molecule has 0 aromatic heterocycles. The van der Waals surface area contributed by atoms with Crippen LogP contribution in [0.5, 0.6) is 11.5 Å². The number of nitrogens with one attached hydrogen (secondary N) is 2. The van der Waals surface area contributed by atoms with Crippen molar-refractivity contribution >= 4 is 23.2 Å². The Morgan fingerprint density at radius 2 is 1.43 bits per heavy atom. The van der Waals surface area contributed by atoms with Crippen LogP contribution in [0.2, 0.25) is 0 Å². The Balaban J connectivity index is 1.60. The molecule has 28 heavy (non-hydrogen) atoms. The molecule has 2 atom stereocenters. The summed E-state index contributed by atoms with van der Waals surface area (Å²) in [6.07, 6.45) is 0.532. The lowest BCUT2D eigenvalue weighted by Crippen LogP contribution is -2.21. The maximum atomic E-state index is 12.6. The molecular weight excluding hydrogens is 356 g/mol. The molecule has 0 saturated heterocycles. The van der Waals surface area contributed by atoms with Gasteiger partial charge in [0.05, 0.1) is 35.9 Å². The number of anilines is 2. The van der Waals surface area contributed by atoms with E-state index in [2.05, 4.69) is 10.6 Å². The Morgan fingerprint density at radius 3 is 1.96 bits per heavy atom. The molecule has 2 N–H and O–H groups in total. The summed E-state index contributed by atoms with van der Waals surface area (Å²) in [5.74, 6) is 0.231. The van der Waals surface area contributed by atoms with Gasteiger partial charge in [-0.1, -0.05) is 24.3 Å². The number of hydrogen-bond donors (Lipinski definition) is 2. The van der Waals surface area contributed by atoms with Gasteiger partial charge in [-0.05, 0) is 51.5 Å². The summed E-state index contributed by atoms with van der Waals surface area (Å²) in [5, 5.41) is 5.76. The number of ether oxygens (including phenoxy) is 2. The van der Waals surface area contributed by atoms with Gasteiger partial charge in [0.2, 0.25) is 11.8 Å².